The third-order valence-corrected chi connectivity index (χ3v) is 5.67. The standard InChI is InChI=1S/C23H24O12/c1-31-15-7-14-17(19(28)22(15)32-2)11(26)6-13(33-14)9-3-4-12(10(25)5-9)34-23-21(30)20(29)18(27)16(8-24)35-23/h3-7,16,18,20-21,23-25,27-30H,8H2,1-2H3/t16-,18-,20+,21-,23-/m0/s1. The first-order valence-electron chi connectivity index (χ1n) is 10.4. The normalized spacial score (nSPS) is 24.3. The highest BCUT2D eigenvalue weighted by atomic mass is 16.7. The number of fused-ring (bicyclic) bond motifs is 1. The molecule has 0 bridgehead atoms. The number of methoxy groups -OCH3 is 2. The van der Waals surface area contributed by atoms with Crippen molar-refractivity contribution in [2.75, 3.05) is 20.8 Å². The third kappa shape index (κ3) is 4.33. The second-order valence-corrected chi connectivity index (χ2v) is 7.81. The van der Waals surface area contributed by atoms with E-state index in [-0.39, 0.29) is 39.5 Å². The molecular weight excluding hydrogens is 468 g/mol. The molecule has 1 aliphatic heterocycles. The van der Waals surface area contributed by atoms with Crippen molar-refractivity contribution in [3.63, 3.8) is 0 Å². The van der Waals surface area contributed by atoms with Crippen LogP contribution in [0.3, 0.4) is 0 Å². The van der Waals surface area contributed by atoms with Gasteiger partial charge in [0.1, 0.15) is 41.1 Å². The van der Waals surface area contributed by atoms with E-state index in [2.05, 4.69) is 0 Å². The zero-order valence-electron chi connectivity index (χ0n) is 18.6. The van der Waals surface area contributed by atoms with Crippen molar-refractivity contribution in [1.29, 1.82) is 0 Å². The molecule has 12 heteroatoms. The van der Waals surface area contributed by atoms with Crippen LogP contribution < -0.4 is 19.6 Å². The van der Waals surface area contributed by atoms with Crippen LogP contribution in [0.1, 0.15) is 0 Å². The maximum absolute atomic E-state index is 12.7. The molecule has 2 aromatic carbocycles. The first kappa shape index (κ1) is 24.6. The number of ether oxygens (including phenoxy) is 4. The number of hydrogen-bond donors (Lipinski definition) is 6. The summed E-state index contributed by atoms with van der Waals surface area (Å²) in [7, 11) is 2.67. The minimum absolute atomic E-state index is 0.0174. The summed E-state index contributed by atoms with van der Waals surface area (Å²) in [4.78, 5) is 12.7. The second kappa shape index (κ2) is 9.60. The summed E-state index contributed by atoms with van der Waals surface area (Å²) in [5.41, 5.74) is -0.276. The Morgan fingerprint density at radius 1 is 0.943 bits per heavy atom. The number of benzene rings is 2. The van der Waals surface area contributed by atoms with Gasteiger partial charge in [-0.3, -0.25) is 4.79 Å². The second-order valence-electron chi connectivity index (χ2n) is 7.81. The van der Waals surface area contributed by atoms with E-state index in [1.807, 2.05) is 0 Å². The van der Waals surface area contributed by atoms with E-state index in [4.69, 9.17) is 23.4 Å². The van der Waals surface area contributed by atoms with Crippen LogP contribution in [0.4, 0.5) is 0 Å². The van der Waals surface area contributed by atoms with Crippen molar-refractivity contribution < 1.29 is 54.0 Å². The molecule has 0 amide bonds. The molecule has 1 fully saturated rings. The highest BCUT2D eigenvalue weighted by Crippen LogP contribution is 2.42. The van der Waals surface area contributed by atoms with Gasteiger partial charge in [0.2, 0.25) is 12.0 Å². The maximum Gasteiger partial charge on any atom is 0.229 e. The van der Waals surface area contributed by atoms with Gasteiger partial charge < -0.3 is 54.0 Å². The number of rotatable bonds is 6. The van der Waals surface area contributed by atoms with Crippen LogP contribution in [0.25, 0.3) is 22.3 Å². The quantitative estimate of drug-likeness (QED) is 0.272. The van der Waals surface area contributed by atoms with Crippen LogP contribution in [0.5, 0.6) is 28.7 Å². The number of phenolic OH excluding ortho intramolecular Hbond substituents is 2. The molecule has 1 aliphatic rings. The van der Waals surface area contributed by atoms with Gasteiger partial charge in [-0.25, -0.2) is 0 Å². The van der Waals surface area contributed by atoms with Gasteiger partial charge in [-0.2, -0.15) is 0 Å². The molecule has 3 aromatic rings. The van der Waals surface area contributed by atoms with Gasteiger partial charge in [0.15, 0.2) is 28.4 Å². The molecule has 0 unspecified atom stereocenters. The average Bonchev–Trinajstić information content (AvgIpc) is 2.84. The summed E-state index contributed by atoms with van der Waals surface area (Å²) in [6.07, 6.45) is -7.54. The molecule has 0 radical (unpaired) electrons. The van der Waals surface area contributed by atoms with E-state index in [1.54, 1.807) is 0 Å². The van der Waals surface area contributed by atoms with Gasteiger partial charge in [-0.15, -0.1) is 0 Å². The smallest absolute Gasteiger partial charge is 0.229 e. The fraction of sp³-hybridized carbons (Fsp3) is 0.348. The lowest BCUT2D eigenvalue weighted by Gasteiger charge is -2.39. The molecule has 0 aliphatic carbocycles. The molecule has 5 atom stereocenters. The van der Waals surface area contributed by atoms with E-state index in [1.165, 1.54) is 38.5 Å². The topological polar surface area (TPSA) is 189 Å². The lowest BCUT2D eigenvalue weighted by molar-refractivity contribution is -0.277. The molecule has 2 heterocycles. The Bertz CT molecular complexity index is 1280. The number of aliphatic hydroxyl groups excluding tert-OH is 4. The first-order chi connectivity index (χ1) is 16.7. The van der Waals surface area contributed by atoms with Crippen molar-refractivity contribution in [2.24, 2.45) is 0 Å². The molecule has 12 nitrogen and oxygen atoms in total. The van der Waals surface area contributed by atoms with Crippen molar-refractivity contribution in [3.05, 3.63) is 40.6 Å². The van der Waals surface area contributed by atoms with Gasteiger partial charge in [-0.05, 0) is 18.2 Å². The largest absolute Gasteiger partial charge is 0.504 e. The Morgan fingerprint density at radius 3 is 2.31 bits per heavy atom. The fourth-order valence-electron chi connectivity index (χ4n) is 3.81. The van der Waals surface area contributed by atoms with Crippen LogP contribution >= 0.6 is 0 Å². The number of aliphatic hydroxyl groups is 4. The van der Waals surface area contributed by atoms with Gasteiger partial charge in [0.05, 0.1) is 20.8 Å². The average molecular weight is 492 g/mol. The van der Waals surface area contributed by atoms with Gasteiger partial charge in [0, 0.05) is 17.7 Å². The molecule has 0 saturated carbocycles. The molecule has 0 spiro atoms. The minimum Gasteiger partial charge on any atom is -0.504 e. The summed E-state index contributed by atoms with van der Waals surface area (Å²) < 4.78 is 26.8. The molecule has 188 valence electrons. The van der Waals surface area contributed by atoms with Crippen LogP contribution in [-0.2, 0) is 4.74 Å². The van der Waals surface area contributed by atoms with E-state index >= 15 is 0 Å². The summed E-state index contributed by atoms with van der Waals surface area (Å²) in [6, 6.07) is 6.49. The summed E-state index contributed by atoms with van der Waals surface area (Å²) in [6.45, 7) is -0.636. The highest BCUT2D eigenvalue weighted by Gasteiger charge is 2.44. The Kier molecular flexibility index (Phi) is 6.74. The van der Waals surface area contributed by atoms with Crippen LogP contribution in [0.2, 0.25) is 0 Å². The van der Waals surface area contributed by atoms with Gasteiger partial charge in [0.25, 0.3) is 0 Å². The lowest BCUT2D eigenvalue weighted by atomic mass is 9.99. The predicted octanol–water partition coefficient (Wildman–Crippen LogP) is 0.0671. The molecule has 1 aromatic heterocycles. The molecule has 35 heavy (non-hydrogen) atoms. The molecule has 4 rings (SSSR count). The maximum atomic E-state index is 12.7. The molecule has 1 saturated heterocycles. The number of phenols is 2. The Labute approximate surface area is 197 Å². The lowest BCUT2D eigenvalue weighted by Crippen LogP contribution is -2.60. The summed E-state index contributed by atoms with van der Waals surface area (Å²) in [5, 5.41) is 60.0. The predicted molar refractivity (Wildman–Crippen MR) is 119 cm³/mol. The third-order valence-electron chi connectivity index (χ3n) is 5.67. The van der Waals surface area contributed by atoms with Crippen molar-refractivity contribution >= 4 is 11.0 Å². The van der Waals surface area contributed by atoms with E-state index in [0.29, 0.717) is 0 Å². The van der Waals surface area contributed by atoms with Crippen LogP contribution in [-0.4, -0.2) is 82.2 Å². The Balaban J connectivity index is 1.67. The zero-order valence-corrected chi connectivity index (χ0v) is 18.6. The van der Waals surface area contributed by atoms with Crippen LogP contribution in [0, 0.1) is 0 Å². The van der Waals surface area contributed by atoms with Gasteiger partial charge >= 0.3 is 0 Å². The Morgan fingerprint density at radius 2 is 1.69 bits per heavy atom. The monoisotopic (exact) mass is 492 g/mol. The summed E-state index contributed by atoms with van der Waals surface area (Å²) >= 11 is 0. The SMILES string of the molecule is COc1cc2oc(-c3ccc(O[C@H]4O[C@@H](CO)[C@H](O)[C@@H](O)[C@@H]4O)c(O)c3)cc(=O)c2c(O)c1OC. The van der Waals surface area contributed by atoms with Crippen molar-refractivity contribution in [2.45, 2.75) is 30.7 Å². The Hall–Kier alpha value is -3.55. The minimum atomic E-state index is -1.66. The van der Waals surface area contributed by atoms with Crippen LogP contribution in [0.15, 0.2) is 39.5 Å². The molecular formula is C23H24O12. The highest BCUT2D eigenvalue weighted by molar-refractivity contribution is 5.89. The first-order valence-corrected chi connectivity index (χ1v) is 10.4. The van der Waals surface area contributed by atoms with E-state index < -0.39 is 54.2 Å². The van der Waals surface area contributed by atoms with E-state index in [0.717, 1.165) is 6.07 Å². The number of aromatic hydroxyl groups is 2. The van der Waals surface area contributed by atoms with E-state index in [9.17, 15) is 35.4 Å². The van der Waals surface area contributed by atoms with Crippen molar-refractivity contribution in [3.8, 4) is 40.1 Å². The summed E-state index contributed by atoms with van der Waals surface area (Å²) in [5.74, 6) is -0.823. The van der Waals surface area contributed by atoms with Crippen molar-refractivity contribution in [1.82, 2.24) is 0 Å². The molecule has 6 N–H and O–H groups in total. The number of hydrogen-bond acceptors (Lipinski definition) is 12. The van der Waals surface area contributed by atoms with Gasteiger partial charge in [-0.1, -0.05) is 0 Å². The fourth-order valence-corrected chi connectivity index (χ4v) is 3.81. The zero-order chi connectivity index (χ0) is 25.4.